The quantitative estimate of drug-likeness (QED) is 0.713. The molecule has 0 heterocycles. The van der Waals surface area contributed by atoms with Crippen LogP contribution in [0.3, 0.4) is 0 Å². The fourth-order valence-corrected chi connectivity index (χ4v) is 3.34. The van der Waals surface area contributed by atoms with Crippen LogP contribution in [0.1, 0.15) is 37.0 Å². The van der Waals surface area contributed by atoms with Gasteiger partial charge in [-0.25, -0.2) is 0 Å². The largest absolute Gasteiger partial charge is 0.0735 e. The van der Waals surface area contributed by atoms with Crippen molar-refractivity contribution in [3.63, 3.8) is 0 Å². The van der Waals surface area contributed by atoms with Crippen molar-refractivity contribution in [1.82, 2.24) is 0 Å². The van der Waals surface area contributed by atoms with Crippen molar-refractivity contribution < 1.29 is 0 Å². The Bertz CT molecular complexity index is 543. The van der Waals surface area contributed by atoms with Gasteiger partial charge in [-0.2, -0.15) is 0 Å². The maximum absolute atomic E-state index is 2.32. The fraction of sp³-hybridized carbons (Fsp3) is 0.333. The van der Waals surface area contributed by atoms with Gasteiger partial charge in [-0.05, 0) is 41.5 Å². The number of hydrogen-bond acceptors (Lipinski definition) is 0. The van der Waals surface area contributed by atoms with E-state index in [9.17, 15) is 0 Å². The zero-order valence-electron chi connectivity index (χ0n) is 11.2. The van der Waals surface area contributed by atoms with Crippen molar-refractivity contribution in [3.05, 3.63) is 64.8 Å². The lowest BCUT2D eigenvalue weighted by Crippen LogP contribution is -1.97. The fourth-order valence-electron chi connectivity index (χ4n) is 3.34. The molecule has 0 nitrogen and oxygen atoms in total. The minimum atomic E-state index is 0.539. The molecule has 0 aromatic heterocycles. The minimum Gasteiger partial charge on any atom is -0.0735 e. The Hall–Kier alpha value is -1.56. The van der Waals surface area contributed by atoms with Crippen molar-refractivity contribution in [3.8, 4) is 0 Å². The van der Waals surface area contributed by atoms with E-state index in [1.165, 1.54) is 11.1 Å². The first-order valence-electron chi connectivity index (χ1n) is 7.03. The van der Waals surface area contributed by atoms with E-state index in [-0.39, 0.29) is 0 Å². The van der Waals surface area contributed by atoms with Crippen LogP contribution in [0, 0.1) is 5.92 Å². The first-order chi connectivity index (χ1) is 8.85. The van der Waals surface area contributed by atoms with Gasteiger partial charge in [0.05, 0.1) is 0 Å². The highest BCUT2D eigenvalue weighted by Gasteiger charge is 2.25. The molecule has 0 saturated heterocycles. The lowest BCUT2D eigenvalue weighted by molar-refractivity contribution is 0.933. The van der Waals surface area contributed by atoms with E-state index in [0.717, 1.165) is 19.3 Å². The third-order valence-electron chi connectivity index (χ3n) is 4.19. The van der Waals surface area contributed by atoms with E-state index in [4.69, 9.17) is 0 Å². The molecule has 0 amide bonds. The highest BCUT2D eigenvalue weighted by Crippen LogP contribution is 2.41. The summed E-state index contributed by atoms with van der Waals surface area (Å²) in [6, 6.07) is 6.81. The molecule has 1 aromatic rings. The van der Waals surface area contributed by atoms with Crippen molar-refractivity contribution >= 4 is 5.57 Å². The van der Waals surface area contributed by atoms with E-state index in [1.807, 2.05) is 0 Å². The van der Waals surface area contributed by atoms with E-state index in [0.29, 0.717) is 5.92 Å². The Morgan fingerprint density at radius 2 is 1.83 bits per heavy atom. The number of hydrogen-bond donors (Lipinski definition) is 0. The predicted octanol–water partition coefficient (Wildman–Crippen LogP) is 4.71. The average molecular weight is 236 g/mol. The summed E-state index contributed by atoms with van der Waals surface area (Å²) in [6.45, 7) is 4.55. The molecule has 0 aliphatic heterocycles. The average Bonchev–Trinajstić information content (AvgIpc) is 3.04. The molecule has 0 unspecified atom stereocenters. The van der Waals surface area contributed by atoms with Crippen LogP contribution >= 0.6 is 0 Å². The third kappa shape index (κ3) is 1.68. The Kier molecular flexibility index (Phi) is 2.95. The SMILES string of the molecule is CCC1=C(C2C=CC=C2)Cc2cccc(CC)c21. The summed E-state index contributed by atoms with van der Waals surface area (Å²) < 4.78 is 0. The van der Waals surface area contributed by atoms with Gasteiger partial charge in [-0.15, -0.1) is 0 Å². The monoisotopic (exact) mass is 236 g/mol. The van der Waals surface area contributed by atoms with Crippen LogP contribution in [0.4, 0.5) is 0 Å². The summed E-state index contributed by atoms with van der Waals surface area (Å²) >= 11 is 0. The number of rotatable bonds is 3. The van der Waals surface area contributed by atoms with Gasteiger partial charge in [0, 0.05) is 5.92 Å². The first kappa shape index (κ1) is 11.5. The number of aryl methyl sites for hydroxylation is 1. The highest BCUT2D eigenvalue weighted by molar-refractivity contribution is 5.79. The Balaban J connectivity index is 2.11. The van der Waals surface area contributed by atoms with E-state index in [2.05, 4.69) is 56.4 Å². The van der Waals surface area contributed by atoms with Crippen LogP contribution in [0.15, 0.2) is 48.1 Å². The molecule has 2 aliphatic carbocycles. The molecule has 0 atom stereocenters. The zero-order valence-corrected chi connectivity index (χ0v) is 11.2. The molecule has 0 N–H and O–H groups in total. The molecule has 0 spiro atoms. The van der Waals surface area contributed by atoms with Gasteiger partial charge >= 0.3 is 0 Å². The molecular weight excluding hydrogens is 216 g/mol. The van der Waals surface area contributed by atoms with Crippen LogP contribution in [-0.4, -0.2) is 0 Å². The number of allylic oxidation sites excluding steroid dienone is 6. The predicted molar refractivity (Wildman–Crippen MR) is 78.5 cm³/mol. The molecule has 2 aliphatic rings. The molecule has 0 saturated carbocycles. The summed E-state index contributed by atoms with van der Waals surface area (Å²) in [5.74, 6) is 0.539. The van der Waals surface area contributed by atoms with Crippen molar-refractivity contribution in [2.75, 3.05) is 0 Å². The second-order valence-electron chi connectivity index (χ2n) is 5.13. The van der Waals surface area contributed by atoms with Gasteiger partial charge in [0.2, 0.25) is 0 Å². The van der Waals surface area contributed by atoms with Crippen LogP contribution in [0.5, 0.6) is 0 Å². The van der Waals surface area contributed by atoms with E-state index in [1.54, 1.807) is 16.7 Å². The number of benzene rings is 1. The minimum absolute atomic E-state index is 0.539. The first-order valence-corrected chi connectivity index (χ1v) is 7.03. The summed E-state index contributed by atoms with van der Waals surface area (Å²) in [6.07, 6.45) is 12.4. The van der Waals surface area contributed by atoms with Crippen LogP contribution in [0.2, 0.25) is 0 Å². The molecule has 0 radical (unpaired) electrons. The number of fused-ring (bicyclic) bond motifs is 1. The Morgan fingerprint density at radius 1 is 1.06 bits per heavy atom. The molecule has 18 heavy (non-hydrogen) atoms. The second-order valence-corrected chi connectivity index (χ2v) is 5.13. The topological polar surface area (TPSA) is 0 Å². The van der Waals surface area contributed by atoms with E-state index >= 15 is 0 Å². The maximum Gasteiger partial charge on any atom is 0.0172 e. The summed E-state index contributed by atoms with van der Waals surface area (Å²) in [4.78, 5) is 0. The van der Waals surface area contributed by atoms with E-state index < -0.39 is 0 Å². The Labute approximate surface area is 110 Å². The van der Waals surface area contributed by atoms with Crippen molar-refractivity contribution in [1.29, 1.82) is 0 Å². The molecule has 0 bridgehead atoms. The van der Waals surface area contributed by atoms with Crippen molar-refractivity contribution in [2.45, 2.75) is 33.1 Å². The third-order valence-corrected chi connectivity index (χ3v) is 4.19. The summed E-state index contributed by atoms with van der Waals surface area (Å²) in [5.41, 5.74) is 7.84. The summed E-state index contributed by atoms with van der Waals surface area (Å²) in [5, 5.41) is 0. The maximum atomic E-state index is 2.32. The zero-order chi connectivity index (χ0) is 12.5. The van der Waals surface area contributed by atoms with Crippen LogP contribution in [-0.2, 0) is 12.8 Å². The molecule has 1 aromatic carbocycles. The standard InChI is InChI=1S/C18H20/c1-3-13-10-7-11-15-12-17(14-8-5-6-9-14)16(4-2)18(13)15/h5-11,14H,3-4,12H2,1-2H3. The van der Waals surface area contributed by atoms with Crippen LogP contribution < -0.4 is 0 Å². The molecule has 0 fully saturated rings. The van der Waals surface area contributed by atoms with Crippen LogP contribution in [0.25, 0.3) is 5.57 Å². The van der Waals surface area contributed by atoms with Gasteiger partial charge in [-0.1, -0.05) is 61.9 Å². The van der Waals surface area contributed by atoms with Gasteiger partial charge in [0.25, 0.3) is 0 Å². The summed E-state index contributed by atoms with van der Waals surface area (Å²) in [7, 11) is 0. The Morgan fingerprint density at radius 3 is 2.50 bits per heavy atom. The molecule has 3 rings (SSSR count). The second kappa shape index (κ2) is 4.61. The van der Waals surface area contributed by atoms with Gasteiger partial charge in [-0.3, -0.25) is 0 Å². The molecule has 0 heteroatoms. The smallest absolute Gasteiger partial charge is 0.0172 e. The molecule has 92 valence electrons. The van der Waals surface area contributed by atoms with Crippen molar-refractivity contribution in [2.24, 2.45) is 5.92 Å². The van der Waals surface area contributed by atoms with Gasteiger partial charge in [0.1, 0.15) is 0 Å². The lowest BCUT2D eigenvalue weighted by Gasteiger charge is -2.12. The molecular formula is C18H20. The van der Waals surface area contributed by atoms with Gasteiger partial charge in [0.15, 0.2) is 0 Å². The lowest BCUT2D eigenvalue weighted by atomic mass is 9.93. The normalized spacial score (nSPS) is 17.9. The highest BCUT2D eigenvalue weighted by atomic mass is 14.3. The van der Waals surface area contributed by atoms with Gasteiger partial charge < -0.3 is 0 Å².